The van der Waals surface area contributed by atoms with Crippen LogP contribution in [0.5, 0.6) is 0 Å². The molecule has 1 aliphatic heterocycles. The number of benzene rings is 1. The molecule has 0 saturated carbocycles. The largest absolute Gasteiger partial charge is 0.378 e. The summed E-state index contributed by atoms with van der Waals surface area (Å²) in [6.07, 6.45) is 1.02. The van der Waals surface area contributed by atoms with Crippen molar-refractivity contribution < 1.29 is 0 Å². The number of aliphatic imine (C=N–C) groups is 1. The van der Waals surface area contributed by atoms with Crippen LogP contribution in [0.25, 0.3) is 0 Å². The van der Waals surface area contributed by atoms with E-state index in [0.29, 0.717) is 5.92 Å². The molecule has 0 amide bonds. The van der Waals surface area contributed by atoms with Crippen LogP contribution in [0.2, 0.25) is 0 Å². The highest BCUT2D eigenvalue weighted by Gasteiger charge is 2.17. The van der Waals surface area contributed by atoms with Crippen molar-refractivity contribution in [2.75, 3.05) is 19.0 Å². The summed E-state index contributed by atoms with van der Waals surface area (Å²) in [5, 5.41) is 0. The number of fused-ring (bicyclic) bond motifs is 1. The highest BCUT2D eigenvalue weighted by Crippen LogP contribution is 2.31. The minimum absolute atomic E-state index is 0.556. The van der Waals surface area contributed by atoms with Crippen molar-refractivity contribution in [2.24, 2.45) is 10.9 Å². The van der Waals surface area contributed by atoms with Gasteiger partial charge in [0.25, 0.3) is 0 Å². The van der Waals surface area contributed by atoms with Crippen LogP contribution in [-0.2, 0) is 6.42 Å². The third-order valence-corrected chi connectivity index (χ3v) is 2.88. The fourth-order valence-electron chi connectivity index (χ4n) is 1.82. The van der Waals surface area contributed by atoms with E-state index < -0.39 is 0 Å². The summed E-state index contributed by atoms with van der Waals surface area (Å²) < 4.78 is 0. The summed E-state index contributed by atoms with van der Waals surface area (Å²) in [6, 6.07) is 6.50. The smallest absolute Gasteiger partial charge is 0.0666 e. The molecular weight excluding hydrogens is 184 g/mol. The molecule has 1 aliphatic rings. The lowest BCUT2D eigenvalue weighted by Crippen LogP contribution is -2.09. The van der Waals surface area contributed by atoms with Crippen molar-refractivity contribution in [3.05, 3.63) is 23.8 Å². The Labute approximate surface area is 91.6 Å². The zero-order valence-electron chi connectivity index (χ0n) is 9.91. The molecule has 0 atom stereocenters. The number of nitrogens with zero attached hydrogens (tertiary/aromatic N) is 2. The van der Waals surface area contributed by atoms with Crippen LogP contribution >= 0.6 is 0 Å². The Morgan fingerprint density at radius 3 is 2.60 bits per heavy atom. The molecule has 0 aliphatic carbocycles. The zero-order chi connectivity index (χ0) is 11.0. The molecule has 0 fully saturated rings. The van der Waals surface area contributed by atoms with E-state index in [1.54, 1.807) is 0 Å². The summed E-state index contributed by atoms with van der Waals surface area (Å²) in [4.78, 5) is 6.78. The van der Waals surface area contributed by atoms with Crippen molar-refractivity contribution in [3.8, 4) is 0 Å². The van der Waals surface area contributed by atoms with E-state index >= 15 is 0 Å². The summed E-state index contributed by atoms with van der Waals surface area (Å²) in [5.41, 5.74) is 5.09. The van der Waals surface area contributed by atoms with Crippen molar-refractivity contribution in [3.63, 3.8) is 0 Å². The van der Waals surface area contributed by atoms with Crippen LogP contribution in [0.4, 0.5) is 11.4 Å². The second-order valence-corrected chi connectivity index (χ2v) is 4.64. The van der Waals surface area contributed by atoms with Gasteiger partial charge in [0.15, 0.2) is 0 Å². The van der Waals surface area contributed by atoms with Gasteiger partial charge in [-0.3, -0.25) is 4.99 Å². The molecule has 0 bridgehead atoms. The first-order chi connectivity index (χ1) is 7.08. The monoisotopic (exact) mass is 202 g/mol. The average Bonchev–Trinajstić information content (AvgIpc) is 2.59. The highest BCUT2D eigenvalue weighted by atomic mass is 15.1. The van der Waals surface area contributed by atoms with Crippen molar-refractivity contribution in [2.45, 2.75) is 20.3 Å². The van der Waals surface area contributed by atoms with Crippen molar-refractivity contribution >= 4 is 17.1 Å². The van der Waals surface area contributed by atoms with Gasteiger partial charge in [-0.15, -0.1) is 0 Å². The third-order valence-electron chi connectivity index (χ3n) is 2.88. The van der Waals surface area contributed by atoms with Gasteiger partial charge >= 0.3 is 0 Å². The van der Waals surface area contributed by atoms with E-state index in [4.69, 9.17) is 0 Å². The lowest BCUT2D eigenvalue weighted by molar-refractivity contribution is 0.871. The van der Waals surface area contributed by atoms with Gasteiger partial charge < -0.3 is 4.90 Å². The average molecular weight is 202 g/mol. The van der Waals surface area contributed by atoms with E-state index in [0.717, 1.165) is 12.1 Å². The van der Waals surface area contributed by atoms with Crippen LogP contribution in [0, 0.1) is 5.92 Å². The SMILES string of the molecule is CC(C)C1=Nc2ccc(N(C)C)cc2C1. The van der Waals surface area contributed by atoms with Gasteiger partial charge in [-0.2, -0.15) is 0 Å². The molecule has 2 nitrogen and oxygen atoms in total. The first kappa shape index (κ1) is 10.2. The molecule has 1 heterocycles. The molecule has 2 rings (SSSR count). The third kappa shape index (κ3) is 1.89. The van der Waals surface area contributed by atoms with E-state index in [1.807, 2.05) is 0 Å². The molecule has 0 spiro atoms. The molecule has 0 saturated heterocycles. The Morgan fingerprint density at radius 1 is 1.27 bits per heavy atom. The maximum atomic E-state index is 4.65. The van der Waals surface area contributed by atoms with Gasteiger partial charge in [-0.1, -0.05) is 13.8 Å². The molecule has 0 unspecified atom stereocenters. The van der Waals surface area contributed by atoms with Crippen molar-refractivity contribution in [1.82, 2.24) is 0 Å². The van der Waals surface area contributed by atoms with Gasteiger partial charge in [0.1, 0.15) is 0 Å². The summed E-state index contributed by atoms with van der Waals surface area (Å²) in [6.45, 7) is 4.41. The fourth-order valence-corrected chi connectivity index (χ4v) is 1.82. The van der Waals surface area contributed by atoms with Crippen LogP contribution in [-0.4, -0.2) is 19.8 Å². The van der Waals surface area contributed by atoms with E-state index in [9.17, 15) is 0 Å². The number of rotatable bonds is 2. The van der Waals surface area contributed by atoms with Crippen LogP contribution < -0.4 is 4.90 Å². The van der Waals surface area contributed by atoms with Crippen LogP contribution in [0.3, 0.4) is 0 Å². The second kappa shape index (κ2) is 3.69. The maximum Gasteiger partial charge on any atom is 0.0666 e. The molecule has 0 N–H and O–H groups in total. The van der Waals surface area contributed by atoms with Crippen LogP contribution in [0.15, 0.2) is 23.2 Å². The Morgan fingerprint density at radius 2 is 2.00 bits per heavy atom. The minimum atomic E-state index is 0.556. The van der Waals surface area contributed by atoms with Gasteiger partial charge in [-0.25, -0.2) is 0 Å². The first-order valence-electron chi connectivity index (χ1n) is 5.45. The number of hydrogen-bond donors (Lipinski definition) is 0. The Hall–Kier alpha value is -1.31. The quantitative estimate of drug-likeness (QED) is 0.719. The Kier molecular flexibility index (Phi) is 2.51. The van der Waals surface area contributed by atoms with Crippen LogP contribution in [0.1, 0.15) is 19.4 Å². The minimum Gasteiger partial charge on any atom is -0.378 e. The van der Waals surface area contributed by atoms with E-state index in [-0.39, 0.29) is 0 Å². The normalized spacial score (nSPS) is 14.1. The van der Waals surface area contributed by atoms with Crippen molar-refractivity contribution in [1.29, 1.82) is 0 Å². The predicted octanol–water partition coefficient (Wildman–Crippen LogP) is 3.04. The molecular formula is C13H18N2. The van der Waals surface area contributed by atoms with Gasteiger partial charge in [-0.05, 0) is 29.7 Å². The molecule has 1 aromatic rings. The van der Waals surface area contributed by atoms with Gasteiger partial charge in [0.05, 0.1) is 5.69 Å². The maximum absolute atomic E-state index is 4.65. The topological polar surface area (TPSA) is 15.6 Å². The number of hydrogen-bond acceptors (Lipinski definition) is 2. The second-order valence-electron chi connectivity index (χ2n) is 4.64. The lowest BCUT2D eigenvalue weighted by atomic mass is 10.0. The molecule has 0 radical (unpaired) electrons. The fraction of sp³-hybridized carbons (Fsp3) is 0.462. The molecule has 80 valence electrons. The molecule has 0 aromatic heterocycles. The van der Waals surface area contributed by atoms with Gasteiger partial charge in [0.2, 0.25) is 0 Å². The molecule has 1 aromatic carbocycles. The Bertz CT molecular complexity index is 403. The Balaban J connectivity index is 2.31. The van der Waals surface area contributed by atoms with E-state index in [1.165, 1.54) is 17.0 Å². The first-order valence-corrected chi connectivity index (χ1v) is 5.45. The zero-order valence-corrected chi connectivity index (χ0v) is 9.91. The van der Waals surface area contributed by atoms with E-state index in [2.05, 4.69) is 56.0 Å². The summed E-state index contributed by atoms with van der Waals surface area (Å²) in [7, 11) is 4.14. The standard InChI is InChI=1S/C13H18N2/c1-9(2)13-8-10-7-11(15(3)4)5-6-12(10)14-13/h5-7,9H,8H2,1-4H3. The molecule has 2 heteroatoms. The number of anilines is 1. The summed E-state index contributed by atoms with van der Waals surface area (Å²) in [5.74, 6) is 0.556. The van der Waals surface area contributed by atoms with Gasteiger partial charge in [0, 0.05) is 31.9 Å². The highest BCUT2D eigenvalue weighted by molar-refractivity contribution is 5.95. The predicted molar refractivity (Wildman–Crippen MR) is 66.4 cm³/mol. The summed E-state index contributed by atoms with van der Waals surface area (Å²) >= 11 is 0. The molecule has 15 heavy (non-hydrogen) atoms. The lowest BCUT2D eigenvalue weighted by Gasteiger charge is -2.13.